The van der Waals surface area contributed by atoms with Crippen LogP contribution in [0, 0.1) is 10.1 Å². The van der Waals surface area contributed by atoms with Gasteiger partial charge in [-0.1, -0.05) is 12.1 Å². The predicted octanol–water partition coefficient (Wildman–Crippen LogP) is 4.43. The Labute approximate surface area is 219 Å². The first kappa shape index (κ1) is 24.8. The summed E-state index contributed by atoms with van der Waals surface area (Å²) in [6.07, 6.45) is 0. The summed E-state index contributed by atoms with van der Waals surface area (Å²) in [6, 6.07) is 23.0. The van der Waals surface area contributed by atoms with E-state index in [-0.39, 0.29) is 11.6 Å². The molecule has 1 amide bonds. The first-order valence-electron chi connectivity index (χ1n) is 12.1. The van der Waals surface area contributed by atoms with Crippen LogP contribution in [-0.2, 0) is 0 Å². The summed E-state index contributed by atoms with van der Waals surface area (Å²) in [7, 11) is 3.25. The van der Waals surface area contributed by atoms with E-state index in [9.17, 15) is 14.9 Å². The zero-order chi connectivity index (χ0) is 26.6. The van der Waals surface area contributed by atoms with Crippen molar-refractivity contribution in [3.8, 4) is 28.4 Å². The lowest BCUT2D eigenvalue weighted by atomic mass is 10.1. The molecule has 1 aromatic heterocycles. The maximum atomic E-state index is 13.8. The van der Waals surface area contributed by atoms with Crippen molar-refractivity contribution in [1.82, 2.24) is 14.7 Å². The van der Waals surface area contributed by atoms with Crippen LogP contribution in [0.3, 0.4) is 0 Å². The molecule has 10 heteroatoms. The van der Waals surface area contributed by atoms with E-state index in [4.69, 9.17) is 14.6 Å². The van der Waals surface area contributed by atoms with Crippen molar-refractivity contribution in [2.75, 3.05) is 45.3 Å². The highest BCUT2D eigenvalue weighted by Gasteiger charge is 2.27. The van der Waals surface area contributed by atoms with E-state index in [2.05, 4.69) is 4.90 Å². The monoisotopic (exact) mass is 513 g/mol. The van der Waals surface area contributed by atoms with Crippen molar-refractivity contribution in [2.24, 2.45) is 0 Å². The fraction of sp³-hybridized carbons (Fsp3) is 0.214. The van der Waals surface area contributed by atoms with Gasteiger partial charge in [-0.3, -0.25) is 14.9 Å². The summed E-state index contributed by atoms with van der Waals surface area (Å²) < 4.78 is 12.3. The average molecular weight is 514 g/mol. The molecule has 0 unspecified atom stereocenters. The number of hydrogen-bond donors (Lipinski definition) is 0. The minimum absolute atomic E-state index is 0.0309. The van der Waals surface area contributed by atoms with Crippen LogP contribution < -0.4 is 14.4 Å². The number of carbonyl (C=O) groups excluding carboxylic acids is 1. The highest BCUT2D eigenvalue weighted by molar-refractivity contribution is 5.94. The number of nitro benzene ring substituents is 1. The largest absolute Gasteiger partial charge is 0.497 e. The lowest BCUT2D eigenvalue weighted by Gasteiger charge is -2.36. The Morgan fingerprint density at radius 1 is 0.895 bits per heavy atom. The fourth-order valence-corrected chi connectivity index (χ4v) is 4.55. The SMILES string of the molecule is COc1ccc(-c2cc(C(=O)N3CCN(c4ccccc4OC)CC3)n(-c3ccc([N+](=O)[O-])cc3)n2)cc1. The number of piperazine rings is 1. The first-order chi connectivity index (χ1) is 18.5. The smallest absolute Gasteiger partial charge is 0.272 e. The number of para-hydroxylation sites is 2. The minimum atomic E-state index is -0.455. The third kappa shape index (κ3) is 4.88. The van der Waals surface area contributed by atoms with E-state index < -0.39 is 4.92 Å². The van der Waals surface area contributed by atoms with E-state index in [1.807, 2.05) is 53.4 Å². The summed E-state index contributed by atoms with van der Waals surface area (Å²) in [5.74, 6) is 1.36. The topological polar surface area (TPSA) is 103 Å². The number of non-ortho nitro benzene ring substituents is 1. The number of anilines is 1. The van der Waals surface area contributed by atoms with Crippen molar-refractivity contribution in [3.63, 3.8) is 0 Å². The van der Waals surface area contributed by atoms with Crippen molar-refractivity contribution in [2.45, 2.75) is 0 Å². The molecule has 5 rings (SSSR count). The van der Waals surface area contributed by atoms with E-state index in [0.29, 0.717) is 49.0 Å². The van der Waals surface area contributed by atoms with Gasteiger partial charge >= 0.3 is 0 Å². The molecule has 4 aromatic rings. The molecular formula is C28H27N5O5. The second-order valence-electron chi connectivity index (χ2n) is 8.78. The number of hydrogen-bond acceptors (Lipinski definition) is 7. The second kappa shape index (κ2) is 10.6. The molecule has 1 saturated heterocycles. The second-order valence-corrected chi connectivity index (χ2v) is 8.78. The highest BCUT2D eigenvalue weighted by Crippen LogP contribution is 2.29. The number of benzene rings is 3. The number of aromatic nitrogens is 2. The summed E-state index contributed by atoms with van der Waals surface area (Å²) in [5, 5.41) is 15.9. The third-order valence-corrected chi connectivity index (χ3v) is 6.61. The predicted molar refractivity (Wildman–Crippen MR) is 143 cm³/mol. The van der Waals surface area contributed by atoms with Crippen LogP contribution in [0.1, 0.15) is 10.5 Å². The molecule has 2 heterocycles. The highest BCUT2D eigenvalue weighted by atomic mass is 16.6. The minimum Gasteiger partial charge on any atom is -0.497 e. The molecule has 0 aliphatic carbocycles. The number of amides is 1. The van der Waals surface area contributed by atoms with E-state index in [1.54, 1.807) is 37.1 Å². The first-order valence-corrected chi connectivity index (χ1v) is 12.1. The van der Waals surface area contributed by atoms with Gasteiger partial charge in [0.05, 0.1) is 36.2 Å². The number of nitro groups is 1. The summed E-state index contributed by atoms with van der Waals surface area (Å²) in [6.45, 7) is 2.37. The molecule has 1 aliphatic rings. The van der Waals surface area contributed by atoms with Crippen LogP contribution in [0.4, 0.5) is 11.4 Å². The van der Waals surface area contributed by atoms with Crippen LogP contribution in [0.25, 0.3) is 16.9 Å². The van der Waals surface area contributed by atoms with Crippen LogP contribution in [0.15, 0.2) is 78.9 Å². The molecule has 0 radical (unpaired) electrons. The molecule has 0 saturated carbocycles. The number of nitrogens with zero attached hydrogens (tertiary/aromatic N) is 5. The maximum absolute atomic E-state index is 13.8. The van der Waals surface area contributed by atoms with Gasteiger partial charge in [0.1, 0.15) is 17.2 Å². The Bertz CT molecular complexity index is 1440. The zero-order valence-electron chi connectivity index (χ0n) is 21.1. The van der Waals surface area contributed by atoms with Crippen molar-refractivity contribution in [3.05, 3.63) is 94.7 Å². The molecule has 0 atom stereocenters. The number of rotatable bonds is 7. The van der Waals surface area contributed by atoms with E-state index in [0.717, 1.165) is 17.0 Å². The molecule has 0 spiro atoms. The van der Waals surface area contributed by atoms with Gasteiger partial charge in [0.15, 0.2) is 0 Å². The summed E-state index contributed by atoms with van der Waals surface area (Å²) in [4.78, 5) is 28.5. The quantitative estimate of drug-likeness (QED) is 0.266. The lowest BCUT2D eigenvalue weighted by molar-refractivity contribution is -0.384. The van der Waals surface area contributed by atoms with Gasteiger partial charge in [-0.15, -0.1) is 0 Å². The van der Waals surface area contributed by atoms with Crippen molar-refractivity contribution < 1.29 is 19.2 Å². The molecule has 10 nitrogen and oxygen atoms in total. The van der Waals surface area contributed by atoms with Gasteiger partial charge in [-0.05, 0) is 54.6 Å². The normalized spacial score (nSPS) is 13.3. The van der Waals surface area contributed by atoms with Gasteiger partial charge in [0.25, 0.3) is 11.6 Å². The number of methoxy groups -OCH3 is 2. The summed E-state index contributed by atoms with van der Waals surface area (Å²) >= 11 is 0. The lowest BCUT2D eigenvalue weighted by Crippen LogP contribution is -2.49. The fourth-order valence-electron chi connectivity index (χ4n) is 4.55. The molecule has 0 N–H and O–H groups in total. The maximum Gasteiger partial charge on any atom is 0.272 e. The van der Waals surface area contributed by atoms with Gasteiger partial charge in [0.2, 0.25) is 0 Å². The van der Waals surface area contributed by atoms with Crippen molar-refractivity contribution >= 4 is 17.3 Å². The van der Waals surface area contributed by atoms with Gasteiger partial charge in [0, 0.05) is 43.9 Å². The van der Waals surface area contributed by atoms with Crippen LogP contribution in [0.2, 0.25) is 0 Å². The van der Waals surface area contributed by atoms with E-state index in [1.165, 1.54) is 12.1 Å². The molecule has 0 bridgehead atoms. The van der Waals surface area contributed by atoms with Gasteiger partial charge < -0.3 is 19.3 Å². The Kier molecular flexibility index (Phi) is 6.94. The number of ether oxygens (including phenoxy) is 2. The standard InChI is InChI=1S/C28H27N5O5/c1-37-23-13-7-20(8-14-23)24-19-26(32(29-24)21-9-11-22(12-10-21)33(35)36)28(34)31-17-15-30(16-18-31)25-5-3-4-6-27(25)38-2/h3-14,19H,15-18H2,1-2H3. The Balaban J connectivity index is 1.44. The zero-order valence-corrected chi connectivity index (χ0v) is 21.1. The molecule has 1 aliphatic heterocycles. The number of carbonyl (C=O) groups is 1. The van der Waals surface area contributed by atoms with Crippen LogP contribution >= 0.6 is 0 Å². The third-order valence-electron chi connectivity index (χ3n) is 6.61. The van der Waals surface area contributed by atoms with Crippen molar-refractivity contribution in [1.29, 1.82) is 0 Å². The Hall–Kier alpha value is -4.86. The van der Waals surface area contributed by atoms with Gasteiger partial charge in [-0.2, -0.15) is 5.10 Å². The Morgan fingerprint density at radius 3 is 2.21 bits per heavy atom. The Morgan fingerprint density at radius 2 is 1.58 bits per heavy atom. The molecule has 1 fully saturated rings. The molecule has 3 aromatic carbocycles. The van der Waals surface area contributed by atoms with Gasteiger partial charge in [-0.25, -0.2) is 4.68 Å². The molecule has 194 valence electrons. The molecule has 38 heavy (non-hydrogen) atoms. The van der Waals surface area contributed by atoms with Crippen LogP contribution in [0.5, 0.6) is 11.5 Å². The summed E-state index contributed by atoms with van der Waals surface area (Å²) in [5.41, 5.74) is 3.35. The van der Waals surface area contributed by atoms with Crippen LogP contribution in [-0.4, -0.2) is 65.9 Å². The average Bonchev–Trinajstić information content (AvgIpc) is 3.42. The molecular weight excluding hydrogens is 486 g/mol. The van der Waals surface area contributed by atoms with E-state index >= 15 is 0 Å².